The summed E-state index contributed by atoms with van der Waals surface area (Å²) in [4.78, 5) is 6.54. The Balaban J connectivity index is 1.98. The van der Waals surface area contributed by atoms with Crippen molar-refractivity contribution in [3.05, 3.63) is 17.8 Å². The van der Waals surface area contributed by atoms with Crippen molar-refractivity contribution in [3.63, 3.8) is 0 Å². The number of rotatable bonds is 0. The first-order valence-corrected chi connectivity index (χ1v) is 7.55. The van der Waals surface area contributed by atoms with Crippen LogP contribution in [0.2, 0.25) is 0 Å². The van der Waals surface area contributed by atoms with E-state index in [1.165, 1.54) is 0 Å². The molecule has 6 heteroatoms. The topological polar surface area (TPSA) is 62.3 Å². The minimum atomic E-state index is -2.87. The summed E-state index contributed by atoms with van der Waals surface area (Å²) >= 11 is 0. The molecule has 3 rings (SSSR count). The Morgan fingerprint density at radius 2 is 2.35 bits per heavy atom. The van der Waals surface area contributed by atoms with E-state index in [2.05, 4.69) is 21.3 Å². The highest BCUT2D eigenvalue weighted by molar-refractivity contribution is 7.91. The van der Waals surface area contributed by atoms with E-state index in [9.17, 15) is 8.42 Å². The van der Waals surface area contributed by atoms with Crippen LogP contribution in [0.1, 0.15) is 5.56 Å². The maximum Gasteiger partial charge on any atom is 0.154 e. The van der Waals surface area contributed by atoms with Crippen LogP contribution in [0.3, 0.4) is 0 Å². The molecule has 0 spiro atoms. The summed E-state index contributed by atoms with van der Waals surface area (Å²) in [5.74, 6) is 1.36. The molecule has 5 nitrogen and oxygen atoms in total. The quantitative estimate of drug-likeness (QED) is 0.726. The van der Waals surface area contributed by atoms with Gasteiger partial charge in [0.2, 0.25) is 0 Å². The average molecular weight is 253 g/mol. The molecular weight excluding hydrogens is 238 g/mol. The molecule has 2 aliphatic rings. The predicted octanol–water partition coefficient (Wildman–Crippen LogP) is 0.419. The molecule has 17 heavy (non-hydrogen) atoms. The van der Waals surface area contributed by atoms with Gasteiger partial charge >= 0.3 is 0 Å². The third kappa shape index (κ3) is 1.86. The van der Waals surface area contributed by atoms with E-state index >= 15 is 0 Å². The number of anilines is 2. The zero-order valence-electron chi connectivity index (χ0n) is 9.68. The van der Waals surface area contributed by atoms with Crippen molar-refractivity contribution >= 4 is 21.3 Å². The largest absolute Gasteiger partial charge is 0.380 e. The number of sulfone groups is 1. The molecule has 1 N–H and O–H groups in total. The summed E-state index contributed by atoms with van der Waals surface area (Å²) in [5, 5.41) is 3.27. The van der Waals surface area contributed by atoms with Gasteiger partial charge in [0.15, 0.2) is 15.7 Å². The van der Waals surface area contributed by atoms with Gasteiger partial charge in [-0.25, -0.2) is 13.4 Å². The first-order chi connectivity index (χ1) is 8.05. The number of nitrogens with one attached hydrogen (secondary N) is 1. The van der Waals surface area contributed by atoms with Gasteiger partial charge in [-0.2, -0.15) is 0 Å². The Morgan fingerprint density at radius 1 is 1.53 bits per heavy atom. The second-order valence-corrected chi connectivity index (χ2v) is 6.96. The molecule has 1 saturated heterocycles. The van der Waals surface area contributed by atoms with Crippen LogP contribution < -0.4 is 10.2 Å². The molecule has 0 bridgehead atoms. The van der Waals surface area contributed by atoms with Gasteiger partial charge < -0.3 is 10.2 Å². The number of hydrogen-bond acceptors (Lipinski definition) is 5. The lowest BCUT2D eigenvalue weighted by atomic mass is 10.1. The van der Waals surface area contributed by atoms with Crippen molar-refractivity contribution in [2.45, 2.75) is 13.0 Å². The summed E-state index contributed by atoms with van der Waals surface area (Å²) in [6.07, 6.45) is 1.83. The molecule has 1 aromatic rings. The van der Waals surface area contributed by atoms with Crippen molar-refractivity contribution < 1.29 is 8.42 Å². The highest BCUT2D eigenvalue weighted by Crippen LogP contribution is 2.31. The van der Waals surface area contributed by atoms with E-state index in [-0.39, 0.29) is 17.5 Å². The Kier molecular flexibility index (Phi) is 2.29. The molecule has 0 aliphatic carbocycles. The smallest absolute Gasteiger partial charge is 0.154 e. The normalized spacial score (nSPS) is 25.7. The summed E-state index contributed by atoms with van der Waals surface area (Å²) in [7, 11) is -2.87. The van der Waals surface area contributed by atoms with E-state index in [4.69, 9.17) is 0 Å². The summed E-state index contributed by atoms with van der Waals surface area (Å²) in [5.41, 5.74) is 2.12. The second kappa shape index (κ2) is 3.60. The molecule has 3 heterocycles. The molecule has 0 saturated carbocycles. The van der Waals surface area contributed by atoms with Crippen LogP contribution >= 0.6 is 0 Å². The van der Waals surface area contributed by atoms with Gasteiger partial charge in [0.1, 0.15) is 0 Å². The Bertz CT molecular complexity index is 556. The molecule has 0 radical (unpaired) electrons. The average Bonchev–Trinajstić information content (AvgIpc) is 2.27. The maximum absolute atomic E-state index is 11.6. The summed E-state index contributed by atoms with van der Waals surface area (Å²) in [6, 6.07) is 2.08. The third-order valence-electron chi connectivity index (χ3n) is 3.33. The molecule has 1 fully saturated rings. The van der Waals surface area contributed by atoms with Gasteiger partial charge in [-0.05, 0) is 18.6 Å². The Hall–Kier alpha value is -1.30. The molecule has 1 atom stereocenters. The van der Waals surface area contributed by atoms with Crippen molar-refractivity contribution in [1.82, 2.24) is 4.98 Å². The first kappa shape index (κ1) is 10.8. The maximum atomic E-state index is 11.6. The lowest BCUT2D eigenvalue weighted by Gasteiger charge is -2.41. The summed E-state index contributed by atoms with van der Waals surface area (Å²) in [6.45, 7) is 3.23. The van der Waals surface area contributed by atoms with E-state index in [0.29, 0.717) is 13.1 Å². The van der Waals surface area contributed by atoms with Crippen LogP contribution in [-0.2, 0) is 9.84 Å². The number of fused-ring (bicyclic) bond motifs is 3. The second-order valence-electron chi connectivity index (χ2n) is 4.73. The summed E-state index contributed by atoms with van der Waals surface area (Å²) < 4.78 is 23.2. The molecule has 0 amide bonds. The lowest BCUT2D eigenvalue weighted by Crippen LogP contribution is -2.54. The fourth-order valence-corrected chi connectivity index (χ4v) is 4.01. The molecule has 1 aromatic heterocycles. The van der Waals surface area contributed by atoms with Gasteiger partial charge in [-0.1, -0.05) is 0 Å². The van der Waals surface area contributed by atoms with E-state index < -0.39 is 9.84 Å². The van der Waals surface area contributed by atoms with Crippen LogP contribution in [0.15, 0.2) is 12.3 Å². The SMILES string of the molecule is Cc1cnc2c(c1)NCC1CS(=O)(=O)CCN21. The van der Waals surface area contributed by atoms with Gasteiger partial charge in [0, 0.05) is 19.3 Å². The highest BCUT2D eigenvalue weighted by Gasteiger charge is 2.35. The third-order valence-corrected chi connectivity index (χ3v) is 5.03. The zero-order chi connectivity index (χ0) is 12.0. The van der Waals surface area contributed by atoms with Crippen LogP contribution in [0, 0.1) is 6.92 Å². The van der Waals surface area contributed by atoms with E-state index in [1.807, 2.05) is 13.1 Å². The van der Waals surface area contributed by atoms with Crippen LogP contribution in [-0.4, -0.2) is 44.0 Å². The molecule has 0 aromatic carbocycles. The predicted molar refractivity (Wildman–Crippen MR) is 67.3 cm³/mol. The number of nitrogens with zero attached hydrogens (tertiary/aromatic N) is 2. The lowest BCUT2D eigenvalue weighted by molar-refractivity contribution is 0.557. The molecule has 1 unspecified atom stereocenters. The Labute approximate surface area is 101 Å². The van der Waals surface area contributed by atoms with Crippen LogP contribution in [0.25, 0.3) is 0 Å². The highest BCUT2D eigenvalue weighted by atomic mass is 32.2. The van der Waals surface area contributed by atoms with Crippen molar-refractivity contribution in [3.8, 4) is 0 Å². The van der Waals surface area contributed by atoms with E-state index in [0.717, 1.165) is 17.1 Å². The molecule has 92 valence electrons. The number of hydrogen-bond donors (Lipinski definition) is 1. The minimum Gasteiger partial charge on any atom is -0.380 e. The minimum absolute atomic E-state index is 0.0245. The van der Waals surface area contributed by atoms with Gasteiger partial charge in [-0.3, -0.25) is 0 Å². The number of pyridine rings is 1. The van der Waals surface area contributed by atoms with Crippen molar-refractivity contribution in [2.24, 2.45) is 0 Å². The number of aromatic nitrogens is 1. The van der Waals surface area contributed by atoms with E-state index in [1.54, 1.807) is 0 Å². The van der Waals surface area contributed by atoms with Gasteiger partial charge in [0.25, 0.3) is 0 Å². The standard InChI is InChI=1S/C11H15N3O2S/c1-8-4-10-11(13-5-8)14-2-3-17(15,16)7-9(14)6-12-10/h4-5,9,12H,2-3,6-7H2,1H3. The Morgan fingerprint density at radius 3 is 3.18 bits per heavy atom. The van der Waals surface area contributed by atoms with Crippen LogP contribution in [0.5, 0.6) is 0 Å². The van der Waals surface area contributed by atoms with Gasteiger partial charge in [-0.15, -0.1) is 0 Å². The monoisotopic (exact) mass is 253 g/mol. The van der Waals surface area contributed by atoms with Crippen molar-refractivity contribution in [1.29, 1.82) is 0 Å². The van der Waals surface area contributed by atoms with Crippen LogP contribution in [0.4, 0.5) is 11.5 Å². The first-order valence-electron chi connectivity index (χ1n) is 5.73. The fraction of sp³-hybridized carbons (Fsp3) is 0.545. The molecular formula is C11H15N3O2S. The van der Waals surface area contributed by atoms with Gasteiger partial charge in [0.05, 0.1) is 23.2 Å². The zero-order valence-corrected chi connectivity index (χ0v) is 10.5. The molecule has 2 aliphatic heterocycles. The fourth-order valence-electron chi connectivity index (χ4n) is 2.48. The number of aryl methyl sites for hydroxylation is 1. The van der Waals surface area contributed by atoms with Crippen molar-refractivity contribution in [2.75, 3.05) is 34.8 Å².